The van der Waals surface area contributed by atoms with E-state index in [1.807, 2.05) is 59.5 Å². The van der Waals surface area contributed by atoms with Crippen molar-refractivity contribution in [3.63, 3.8) is 0 Å². The van der Waals surface area contributed by atoms with Crippen LogP contribution in [-0.2, 0) is 0 Å². The molecular formula is C22H24N2O3. The molecule has 0 saturated carbocycles. The molecule has 1 N–H and O–H groups in total. The van der Waals surface area contributed by atoms with Gasteiger partial charge in [-0.3, -0.25) is 4.79 Å². The summed E-state index contributed by atoms with van der Waals surface area (Å²) in [5.41, 5.74) is 1.19. The minimum absolute atomic E-state index is 0.0163. The van der Waals surface area contributed by atoms with Crippen molar-refractivity contribution >= 4 is 16.8 Å². The highest BCUT2D eigenvalue weighted by Crippen LogP contribution is 2.34. The molecule has 0 bridgehead atoms. The van der Waals surface area contributed by atoms with Gasteiger partial charge in [0.2, 0.25) is 0 Å². The van der Waals surface area contributed by atoms with Crippen LogP contribution in [0.3, 0.4) is 0 Å². The van der Waals surface area contributed by atoms with Crippen LogP contribution >= 0.6 is 0 Å². The minimum atomic E-state index is -0.280. The van der Waals surface area contributed by atoms with Gasteiger partial charge in [0.15, 0.2) is 0 Å². The molecule has 2 heterocycles. The number of nitrogens with zero attached hydrogens (tertiary/aromatic N) is 1. The lowest BCUT2D eigenvalue weighted by molar-refractivity contribution is 0.0639. The third-order valence-corrected chi connectivity index (χ3v) is 5.21. The van der Waals surface area contributed by atoms with Gasteiger partial charge in [0, 0.05) is 22.9 Å². The molecule has 1 unspecified atom stereocenters. The second-order valence-electron chi connectivity index (χ2n) is 7.59. The molecule has 2 aromatic carbocycles. The Kier molecular flexibility index (Phi) is 4.30. The number of fused-ring (bicyclic) bond motifs is 1. The summed E-state index contributed by atoms with van der Waals surface area (Å²) < 4.78 is 11.5. The normalized spacial score (nSPS) is 18.6. The third-order valence-electron chi connectivity index (χ3n) is 5.21. The third kappa shape index (κ3) is 3.25. The number of hydrogen-bond acceptors (Lipinski definition) is 3. The van der Waals surface area contributed by atoms with E-state index in [9.17, 15) is 4.79 Å². The first-order valence-electron chi connectivity index (χ1n) is 9.17. The Labute approximate surface area is 158 Å². The molecule has 0 spiro atoms. The summed E-state index contributed by atoms with van der Waals surface area (Å²) in [6.45, 7) is 4.73. The highest BCUT2D eigenvalue weighted by molar-refractivity contribution is 6.00. The lowest BCUT2D eigenvalue weighted by Crippen LogP contribution is -2.42. The maximum absolute atomic E-state index is 13.2. The fourth-order valence-electron chi connectivity index (χ4n) is 3.88. The number of carbonyl (C=O) groups excluding carboxylic acids is 1. The van der Waals surface area contributed by atoms with Crippen molar-refractivity contribution < 1.29 is 14.3 Å². The van der Waals surface area contributed by atoms with Crippen LogP contribution in [0.1, 0.15) is 30.8 Å². The molecule has 1 aliphatic heterocycles. The molecule has 1 amide bonds. The van der Waals surface area contributed by atoms with Crippen molar-refractivity contribution in [1.29, 1.82) is 0 Å². The second kappa shape index (κ2) is 6.65. The van der Waals surface area contributed by atoms with Crippen molar-refractivity contribution in [2.75, 3.05) is 13.7 Å². The van der Waals surface area contributed by atoms with Gasteiger partial charge >= 0.3 is 0 Å². The molecule has 3 aromatic rings. The first-order valence-corrected chi connectivity index (χ1v) is 9.17. The van der Waals surface area contributed by atoms with E-state index in [4.69, 9.17) is 9.47 Å². The number of rotatable bonds is 4. The molecule has 4 rings (SSSR count). The van der Waals surface area contributed by atoms with Gasteiger partial charge in [0.1, 0.15) is 23.3 Å². The number of H-pyrrole nitrogens is 1. The van der Waals surface area contributed by atoms with Gasteiger partial charge in [-0.15, -0.1) is 0 Å². The summed E-state index contributed by atoms with van der Waals surface area (Å²) in [5, 5.41) is 0.914. The Morgan fingerprint density at radius 1 is 1.15 bits per heavy atom. The molecule has 5 heteroatoms. The largest absolute Gasteiger partial charge is 0.496 e. The maximum atomic E-state index is 13.2. The smallest absolute Gasteiger partial charge is 0.270 e. The summed E-state index contributed by atoms with van der Waals surface area (Å²) in [7, 11) is 1.64. The van der Waals surface area contributed by atoms with Gasteiger partial charge in [-0.1, -0.05) is 24.3 Å². The molecule has 1 saturated heterocycles. The van der Waals surface area contributed by atoms with Crippen LogP contribution in [0, 0.1) is 0 Å². The van der Waals surface area contributed by atoms with Crippen molar-refractivity contribution in [3.8, 4) is 11.5 Å². The zero-order valence-electron chi connectivity index (χ0n) is 15.9. The van der Waals surface area contributed by atoms with Crippen molar-refractivity contribution in [1.82, 2.24) is 9.88 Å². The fourth-order valence-corrected chi connectivity index (χ4v) is 3.88. The number of ether oxygens (including phenoxy) is 2. The van der Waals surface area contributed by atoms with Crippen LogP contribution < -0.4 is 9.47 Å². The summed E-state index contributed by atoms with van der Waals surface area (Å²) in [5.74, 6) is 1.58. The molecule has 1 atom stereocenters. The van der Waals surface area contributed by atoms with Crippen LogP contribution in [0.15, 0.2) is 54.6 Å². The van der Waals surface area contributed by atoms with E-state index in [2.05, 4.69) is 18.8 Å². The monoisotopic (exact) mass is 364 g/mol. The summed E-state index contributed by atoms with van der Waals surface area (Å²) in [6.07, 6.45) is 0.766. The van der Waals surface area contributed by atoms with Gasteiger partial charge in [0.25, 0.3) is 5.91 Å². The van der Waals surface area contributed by atoms with Crippen LogP contribution in [0.2, 0.25) is 0 Å². The Bertz CT molecular complexity index is 962. The predicted molar refractivity (Wildman–Crippen MR) is 105 cm³/mol. The van der Waals surface area contributed by atoms with Crippen LogP contribution in [0.4, 0.5) is 0 Å². The van der Waals surface area contributed by atoms with Crippen molar-refractivity contribution in [2.24, 2.45) is 0 Å². The molecule has 0 radical (unpaired) electrons. The first kappa shape index (κ1) is 17.5. The van der Waals surface area contributed by atoms with E-state index in [0.29, 0.717) is 12.2 Å². The zero-order valence-corrected chi connectivity index (χ0v) is 15.9. The lowest BCUT2D eigenvalue weighted by atomic mass is 10.0. The Balaban J connectivity index is 1.57. The number of carbonyl (C=O) groups is 1. The quantitative estimate of drug-likeness (QED) is 0.753. The minimum Gasteiger partial charge on any atom is -0.496 e. The Hall–Kier alpha value is -2.95. The van der Waals surface area contributed by atoms with E-state index in [-0.39, 0.29) is 17.6 Å². The molecular weight excluding hydrogens is 340 g/mol. The molecule has 5 nitrogen and oxygen atoms in total. The van der Waals surface area contributed by atoms with Gasteiger partial charge in [-0.25, -0.2) is 0 Å². The number of aromatic amines is 1. The average molecular weight is 364 g/mol. The van der Waals surface area contributed by atoms with E-state index >= 15 is 0 Å². The van der Waals surface area contributed by atoms with Crippen LogP contribution in [0.5, 0.6) is 11.5 Å². The molecule has 0 aliphatic carbocycles. The summed E-state index contributed by atoms with van der Waals surface area (Å²) >= 11 is 0. The summed E-state index contributed by atoms with van der Waals surface area (Å²) in [6, 6.07) is 17.4. The van der Waals surface area contributed by atoms with E-state index in [0.717, 1.165) is 28.8 Å². The first-order chi connectivity index (χ1) is 13.0. The summed E-state index contributed by atoms with van der Waals surface area (Å²) in [4.78, 5) is 18.4. The van der Waals surface area contributed by atoms with Gasteiger partial charge in [-0.05, 0) is 44.2 Å². The Morgan fingerprint density at radius 3 is 2.67 bits per heavy atom. The zero-order chi connectivity index (χ0) is 19.0. The number of para-hydroxylation sites is 1. The standard InChI is InChI=1S/C22H24N2O3/c1-22(2)13-16(27-15-8-5-4-6-9-15)14-24(22)21(25)19-12-17-18(23-19)10-7-11-20(17)26-3/h4-12,16,23H,13-14H2,1-3H3. The average Bonchev–Trinajstić information content (AvgIpc) is 3.22. The SMILES string of the molecule is COc1cccc2[nH]c(C(=O)N3CC(Oc4ccccc4)CC3(C)C)cc12. The van der Waals surface area contributed by atoms with Gasteiger partial charge in [0.05, 0.1) is 13.7 Å². The Morgan fingerprint density at radius 2 is 1.93 bits per heavy atom. The number of benzene rings is 2. The number of nitrogens with one attached hydrogen (secondary N) is 1. The van der Waals surface area contributed by atoms with E-state index in [1.165, 1.54) is 0 Å². The van der Waals surface area contributed by atoms with Crippen LogP contribution in [0.25, 0.3) is 10.9 Å². The van der Waals surface area contributed by atoms with E-state index in [1.54, 1.807) is 7.11 Å². The van der Waals surface area contributed by atoms with Crippen LogP contribution in [-0.4, -0.2) is 41.1 Å². The fraction of sp³-hybridized carbons (Fsp3) is 0.318. The highest BCUT2D eigenvalue weighted by atomic mass is 16.5. The number of hydrogen-bond donors (Lipinski definition) is 1. The highest BCUT2D eigenvalue weighted by Gasteiger charge is 2.43. The second-order valence-corrected chi connectivity index (χ2v) is 7.59. The molecule has 27 heavy (non-hydrogen) atoms. The molecule has 140 valence electrons. The number of aromatic nitrogens is 1. The number of amides is 1. The topological polar surface area (TPSA) is 54.6 Å². The number of likely N-dealkylation sites (tertiary alicyclic amines) is 1. The van der Waals surface area contributed by atoms with Gasteiger partial charge in [-0.2, -0.15) is 0 Å². The van der Waals surface area contributed by atoms with Gasteiger partial charge < -0.3 is 19.4 Å². The maximum Gasteiger partial charge on any atom is 0.270 e. The number of methoxy groups -OCH3 is 1. The lowest BCUT2D eigenvalue weighted by Gasteiger charge is -2.30. The van der Waals surface area contributed by atoms with E-state index < -0.39 is 0 Å². The van der Waals surface area contributed by atoms with Crippen molar-refractivity contribution in [2.45, 2.75) is 31.9 Å². The predicted octanol–water partition coefficient (Wildman–Crippen LogP) is 4.25. The molecule has 1 aromatic heterocycles. The molecule has 1 fully saturated rings. The molecule has 1 aliphatic rings. The van der Waals surface area contributed by atoms with Crippen molar-refractivity contribution in [3.05, 3.63) is 60.3 Å².